The number of aromatic amines is 1. The van der Waals surface area contributed by atoms with Gasteiger partial charge in [-0.15, -0.1) is 0 Å². The number of halogens is 1. The number of benzene rings is 1. The van der Waals surface area contributed by atoms with E-state index in [2.05, 4.69) is 4.98 Å². The van der Waals surface area contributed by atoms with E-state index in [9.17, 15) is 14.0 Å². The fourth-order valence-corrected chi connectivity index (χ4v) is 3.27. The molecule has 1 aromatic heterocycles. The third kappa shape index (κ3) is 4.71. The molecule has 3 rings (SSSR count). The lowest BCUT2D eigenvalue weighted by Gasteiger charge is -2.22. The van der Waals surface area contributed by atoms with Gasteiger partial charge < -0.3 is 14.8 Å². The minimum Gasteiger partial charge on any atom is -0.365 e. The first-order chi connectivity index (χ1) is 12.6. The average Bonchev–Trinajstić information content (AvgIpc) is 3.02. The van der Waals surface area contributed by atoms with Gasteiger partial charge in [0, 0.05) is 44.5 Å². The molecule has 0 atom stereocenters. The van der Waals surface area contributed by atoms with E-state index in [1.807, 2.05) is 17.0 Å². The van der Waals surface area contributed by atoms with Crippen molar-refractivity contribution in [2.24, 2.45) is 0 Å². The third-order valence-corrected chi connectivity index (χ3v) is 4.77. The van der Waals surface area contributed by atoms with E-state index in [0.29, 0.717) is 44.6 Å². The number of nitrogens with zero attached hydrogens (tertiary/aromatic N) is 2. The first-order valence-electron chi connectivity index (χ1n) is 9.04. The Morgan fingerprint density at radius 2 is 1.69 bits per heavy atom. The highest BCUT2D eigenvalue weighted by Gasteiger charge is 2.22. The smallest absolute Gasteiger partial charge is 0.228 e. The highest BCUT2D eigenvalue weighted by Crippen LogP contribution is 2.12. The second-order valence-corrected chi connectivity index (χ2v) is 6.58. The molecular weight excluding hydrogens is 333 g/mol. The molecule has 2 heterocycles. The molecule has 1 N–H and O–H groups in total. The number of hydrogen-bond donors (Lipinski definition) is 1. The Hall–Kier alpha value is -2.63. The van der Waals surface area contributed by atoms with Crippen molar-refractivity contribution in [3.63, 3.8) is 0 Å². The van der Waals surface area contributed by atoms with Crippen LogP contribution >= 0.6 is 0 Å². The average molecular weight is 357 g/mol. The zero-order valence-electron chi connectivity index (χ0n) is 14.8. The molecular formula is C20H24FN3O2. The molecule has 0 bridgehead atoms. The molecule has 0 saturated carbocycles. The number of carbonyl (C=O) groups is 2. The summed E-state index contributed by atoms with van der Waals surface area (Å²) in [4.78, 5) is 31.5. The van der Waals surface area contributed by atoms with Gasteiger partial charge >= 0.3 is 0 Å². The van der Waals surface area contributed by atoms with E-state index in [4.69, 9.17) is 0 Å². The Bertz CT molecular complexity index is 745. The van der Waals surface area contributed by atoms with Crippen LogP contribution in [0.4, 0.5) is 4.39 Å². The molecule has 1 fully saturated rings. The fraction of sp³-hybridized carbons (Fsp3) is 0.400. The summed E-state index contributed by atoms with van der Waals surface area (Å²) in [5, 5.41) is 0. The monoisotopic (exact) mass is 357 g/mol. The van der Waals surface area contributed by atoms with Gasteiger partial charge in [0.05, 0.1) is 6.42 Å². The van der Waals surface area contributed by atoms with E-state index in [1.54, 1.807) is 29.3 Å². The Labute approximate surface area is 152 Å². The van der Waals surface area contributed by atoms with Crippen molar-refractivity contribution in [3.8, 4) is 0 Å². The molecule has 0 aliphatic carbocycles. The standard InChI is InChI=1S/C20H24FN3O2/c21-18-7-2-1-5-16(18)8-9-19(25)23-11-4-12-24(14-13-23)20(26)15-17-6-3-10-22-17/h1-3,5-7,10,22H,4,8-9,11-15H2. The molecule has 1 aliphatic heterocycles. The molecule has 0 unspecified atom stereocenters. The summed E-state index contributed by atoms with van der Waals surface area (Å²) in [6.07, 6.45) is 3.62. The van der Waals surface area contributed by atoms with E-state index in [-0.39, 0.29) is 24.1 Å². The first kappa shape index (κ1) is 18.2. The van der Waals surface area contributed by atoms with Crippen LogP contribution in [0.2, 0.25) is 0 Å². The lowest BCUT2D eigenvalue weighted by molar-refractivity contribution is -0.133. The summed E-state index contributed by atoms with van der Waals surface area (Å²) in [7, 11) is 0. The van der Waals surface area contributed by atoms with Crippen molar-refractivity contribution in [1.82, 2.24) is 14.8 Å². The van der Waals surface area contributed by atoms with Gasteiger partial charge in [0.2, 0.25) is 11.8 Å². The summed E-state index contributed by atoms with van der Waals surface area (Å²) in [6.45, 7) is 2.39. The van der Waals surface area contributed by atoms with Gasteiger partial charge in [-0.25, -0.2) is 4.39 Å². The fourth-order valence-electron chi connectivity index (χ4n) is 3.27. The van der Waals surface area contributed by atoms with Gasteiger partial charge in [-0.05, 0) is 36.6 Å². The first-order valence-corrected chi connectivity index (χ1v) is 9.04. The zero-order valence-corrected chi connectivity index (χ0v) is 14.8. The summed E-state index contributed by atoms with van der Waals surface area (Å²) in [6, 6.07) is 10.3. The van der Waals surface area contributed by atoms with E-state index >= 15 is 0 Å². The summed E-state index contributed by atoms with van der Waals surface area (Å²) >= 11 is 0. The number of rotatable bonds is 5. The predicted octanol–water partition coefficient (Wildman–Crippen LogP) is 2.39. The highest BCUT2D eigenvalue weighted by molar-refractivity contribution is 5.79. The van der Waals surface area contributed by atoms with Gasteiger partial charge in [-0.2, -0.15) is 0 Å². The Balaban J connectivity index is 1.49. The minimum atomic E-state index is -0.266. The quantitative estimate of drug-likeness (QED) is 0.893. The second kappa shape index (κ2) is 8.65. The van der Waals surface area contributed by atoms with Crippen LogP contribution in [0.1, 0.15) is 24.1 Å². The maximum atomic E-state index is 13.7. The number of amides is 2. The van der Waals surface area contributed by atoms with Crippen molar-refractivity contribution in [2.45, 2.75) is 25.7 Å². The topological polar surface area (TPSA) is 56.4 Å². The van der Waals surface area contributed by atoms with Gasteiger partial charge in [-0.1, -0.05) is 18.2 Å². The zero-order chi connectivity index (χ0) is 18.4. The largest absolute Gasteiger partial charge is 0.365 e. The van der Waals surface area contributed by atoms with E-state index in [1.165, 1.54) is 6.07 Å². The summed E-state index contributed by atoms with van der Waals surface area (Å²) in [5.74, 6) is -0.169. The normalized spacial score (nSPS) is 15.0. The van der Waals surface area contributed by atoms with Crippen LogP contribution in [0.25, 0.3) is 0 Å². The van der Waals surface area contributed by atoms with Gasteiger partial charge in [0.25, 0.3) is 0 Å². The molecule has 5 nitrogen and oxygen atoms in total. The van der Waals surface area contributed by atoms with Crippen LogP contribution in [-0.2, 0) is 22.4 Å². The number of nitrogens with one attached hydrogen (secondary N) is 1. The summed E-state index contributed by atoms with van der Waals surface area (Å²) in [5.41, 5.74) is 1.47. The number of hydrogen-bond acceptors (Lipinski definition) is 2. The lowest BCUT2D eigenvalue weighted by Crippen LogP contribution is -2.38. The second-order valence-electron chi connectivity index (χ2n) is 6.58. The molecule has 1 saturated heterocycles. The van der Waals surface area contributed by atoms with Crippen molar-refractivity contribution in [2.75, 3.05) is 26.2 Å². The van der Waals surface area contributed by atoms with Crippen LogP contribution in [0.15, 0.2) is 42.6 Å². The lowest BCUT2D eigenvalue weighted by atomic mass is 10.1. The molecule has 0 radical (unpaired) electrons. The van der Waals surface area contributed by atoms with Crippen LogP contribution in [0, 0.1) is 5.82 Å². The molecule has 2 amide bonds. The van der Waals surface area contributed by atoms with Gasteiger partial charge in [-0.3, -0.25) is 9.59 Å². The van der Waals surface area contributed by atoms with Crippen molar-refractivity contribution in [3.05, 3.63) is 59.7 Å². The number of H-pyrrole nitrogens is 1. The molecule has 26 heavy (non-hydrogen) atoms. The van der Waals surface area contributed by atoms with E-state index < -0.39 is 0 Å². The number of aryl methyl sites for hydroxylation is 1. The third-order valence-electron chi connectivity index (χ3n) is 4.77. The maximum absolute atomic E-state index is 13.7. The van der Waals surface area contributed by atoms with Crippen LogP contribution in [0.3, 0.4) is 0 Å². The minimum absolute atomic E-state index is 0.0203. The predicted molar refractivity (Wildman–Crippen MR) is 97.0 cm³/mol. The van der Waals surface area contributed by atoms with Crippen molar-refractivity contribution < 1.29 is 14.0 Å². The Morgan fingerprint density at radius 1 is 0.962 bits per heavy atom. The summed E-state index contributed by atoms with van der Waals surface area (Å²) < 4.78 is 13.7. The van der Waals surface area contributed by atoms with Crippen LogP contribution in [0.5, 0.6) is 0 Å². The molecule has 6 heteroatoms. The van der Waals surface area contributed by atoms with Crippen molar-refractivity contribution >= 4 is 11.8 Å². The van der Waals surface area contributed by atoms with E-state index in [0.717, 1.165) is 12.1 Å². The van der Waals surface area contributed by atoms with Crippen LogP contribution < -0.4 is 0 Å². The molecule has 2 aromatic rings. The molecule has 1 aliphatic rings. The SMILES string of the molecule is O=C(CCc1ccccc1F)N1CCCN(C(=O)Cc2ccc[nH]2)CC1. The van der Waals surface area contributed by atoms with Crippen LogP contribution in [-0.4, -0.2) is 52.8 Å². The molecule has 0 spiro atoms. The number of carbonyl (C=O) groups excluding carboxylic acids is 2. The van der Waals surface area contributed by atoms with Gasteiger partial charge in [0.15, 0.2) is 0 Å². The Morgan fingerprint density at radius 3 is 2.38 bits per heavy atom. The molecule has 1 aromatic carbocycles. The maximum Gasteiger partial charge on any atom is 0.228 e. The number of aromatic nitrogens is 1. The van der Waals surface area contributed by atoms with Crippen molar-refractivity contribution in [1.29, 1.82) is 0 Å². The Kier molecular flexibility index (Phi) is 6.04. The molecule has 138 valence electrons. The van der Waals surface area contributed by atoms with Gasteiger partial charge in [0.1, 0.15) is 5.82 Å². The highest BCUT2D eigenvalue weighted by atomic mass is 19.1.